The van der Waals surface area contributed by atoms with Gasteiger partial charge in [0.25, 0.3) is 5.69 Å². The zero-order valence-corrected chi connectivity index (χ0v) is 25.1. The van der Waals surface area contributed by atoms with Crippen LogP contribution in [0.1, 0.15) is 30.9 Å². The quantitative estimate of drug-likeness (QED) is 0.127. The SMILES string of the molecule is CCOC(=O)C1=C(COCCOCCNCc2ccccc2[N+](=O)[O-])N=C(C)C(C(=O)OC)C1c1cccc(Cl)c1Cl. The number of carbonyl (C=O) groups is 2. The molecule has 0 spiro atoms. The van der Waals surface area contributed by atoms with Crippen molar-refractivity contribution >= 4 is 46.5 Å². The number of hydrogen-bond acceptors (Lipinski definition) is 10. The monoisotopic (exact) mass is 621 g/mol. The van der Waals surface area contributed by atoms with E-state index in [-0.39, 0.29) is 47.7 Å². The third kappa shape index (κ3) is 8.36. The van der Waals surface area contributed by atoms with Gasteiger partial charge in [-0.3, -0.25) is 19.9 Å². The first-order chi connectivity index (χ1) is 20.2. The smallest absolute Gasteiger partial charge is 0.336 e. The number of carbonyl (C=O) groups excluding carboxylic acids is 2. The van der Waals surface area contributed by atoms with Crippen LogP contribution in [0.4, 0.5) is 5.69 Å². The lowest BCUT2D eigenvalue weighted by Crippen LogP contribution is -2.37. The average molecular weight is 623 g/mol. The molecule has 0 amide bonds. The van der Waals surface area contributed by atoms with Crippen molar-refractivity contribution in [3.8, 4) is 0 Å². The number of rotatable bonds is 15. The zero-order chi connectivity index (χ0) is 30.6. The Morgan fingerprint density at radius 2 is 1.81 bits per heavy atom. The van der Waals surface area contributed by atoms with Crippen molar-refractivity contribution in [1.29, 1.82) is 0 Å². The summed E-state index contributed by atoms with van der Waals surface area (Å²) in [7, 11) is 1.26. The average Bonchev–Trinajstić information content (AvgIpc) is 2.97. The Morgan fingerprint density at radius 3 is 2.52 bits per heavy atom. The van der Waals surface area contributed by atoms with Crippen LogP contribution in [0.2, 0.25) is 10.0 Å². The van der Waals surface area contributed by atoms with Crippen LogP contribution in [0, 0.1) is 16.0 Å². The zero-order valence-electron chi connectivity index (χ0n) is 23.6. The van der Waals surface area contributed by atoms with E-state index < -0.39 is 28.7 Å². The van der Waals surface area contributed by atoms with E-state index in [0.717, 1.165) is 0 Å². The number of esters is 2. The van der Waals surface area contributed by atoms with Gasteiger partial charge < -0.3 is 24.3 Å². The van der Waals surface area contributed by atoms with Crippen molar-refractivity contribution in [3.63, 3.8) is 0 Å². The summed E-state index contributed by atoms with van der Waals surface area (Å²) in [5.74, 6) is -3.02. The summed E-state index contributed by atoms with van der Waals surface area (Å²) in [5.41, 5.74) is 1.99. The Bertz CT molecular complexity index is 1350. The normalized spacial score (nSPS) is 16.6. The van der Waals surface area contributed by atoms with E-state index in [4.69, 9.17) is 42.1 Å². The molecule has 2 unspecified atom stereocenters. The molecule has 0 radical (unpaired) electrons. The van der Waals surface area contributed by atoms with E-state index in [9.17, 15) is 19.7 Å². The molecule has 11 nitrogen and oxygen atoms in total. The molecule has 2 aromatic rings. The van der Waals surface area contributed by atoms with Crippen LogP contribution in [0.3, 0.4) is 0 Å². The minimum atomic E-state index is -0.928. The number of methoxy groups -OCH3 is 1. The predicted molar refractivity (Wildman–Crippen MR) is 158 cm³/mol. The maximum atomic E-state index is 13.2. The van der Waals surface area contributed by atoms with E-state index in [2.05, 4.69) is 10.3 Å². The Labute approximate surface area is 253 Å². The first-order valence-corrected chi connectivity index (χ1v) is 14.0. The minimum absolute atomic E-state index is 0.0483. The summed E-state index contributed by atoms with van der Waals surface area (Å²) in [6, 6.07) is 11.5. The number of halogens is 2. The molecule has 2 aromatic carbocycles. The second-order valence-corrected chi connectivity index (χ2v) is 9.97. The fraction of sp³-hybridized carbons (Fsp3) is 0.414. The lowest BCUT2D eigenvalue weighted by atomic mass is 9.75. The number of nitro benzene ring substituents is 1. The molecule has 0 saturated carbocycles. The van der Waals surface area contributed by atoms with Crippen LogP contribution < -0.4 is 5.32 Å². The van der Waals surface area contributed by atoms with Gasteiger partial charge in [0.15, 0.2) is 0 Å². The van der Waals surface area contributed by atoms with Crippen LogP contribution in [0.5, 0.6) is 0 Å². The van der Waals surface area contributed by atoms with Gasteiger partial charge in [0, 0.05) is 36.3 Å². The largest absolute Gasteiger partial charge is 0.468 e. The van der Waals surface area contributed by atoms with Crippen molar-refractivity contribution in [2.24, 2.45) is 10.9 Å². The van der Waals surface area contributed by atoms with Crippen molar-refractivity contribution < 1.29 is 33.5 Å². The first-order valence-electron chi connectivity index (χ1n) is 13.3. The Balaban J connectivity index is 1.65. The Morgan fingerprint density at radius 1 is 1.07 bits per heavy atom. The van der Waals surface area contributed by atoms with Gasteiger partial charge in [0.2, 0.25) is 0 Å². The van der Waals surface area contributed by atoms with Gasteiger partial charge in [-0.25, -0.2) is 4.79 Å². The van der Waals surface area contributed by atoms with Gasteiger partial charge in [-0.15, -0.1) is 0 Å². The maximum absolute atomic E-state index is 13.2. The molecule has 1 N–H and O–H groups in total. The van der Waals surface area contributed by atoms with E-state index >= 15 is 0 Å². The third-order valence-electron chi connectivity index (χ3n) is 6.52. The number of benzene rings is 2. The Kier molecular flexibility index (Phi) is 12.9. The van der Waals surface area contributed by atoms with Gasteiger partial charge in [-0.1, -0.05) is 53.5 Å². The van der Waals surface area contributed by atoms with E-state index in [1.165, 1.54) is 13.2 Å². The first kappa shape index (κ1) is 33.2. The van der Waals surface area contributed by atoms with Crippen LogP contribution >= 0.6 is 23.2 Å². The predicted octanol–water partition coefficient (Wildman–Crippen LogP) is 4.89. The number of nitrogens with one attached hydrogen (secondary N) is 1. The highest BCUT2D eigenvalue weighted by atomic mass is 35.5. The molecule has 0 aromatic heterocycles. The molecule has 0 fully saturated rings. The number of aliphatic imine (C=N–C) groups is 1. The van der Waals surface area contributed by atoms with Gasteiger partial charge in [0.05, 0.1) is 66.4 Å². The topological polar surface area (TPSA) is 139 Å². The van der Waals surface area contributed by atoms with Gasteiger partial charge in [-0.05, 0) is 25.5 Å². The van der Waals surface area contributed by atoms with E-state index in [0.29, 0.717) is 42.2 Å². The summed E-state index contributed by atoms with van der Waals surface area (Å²) in [4.78, 5) is 41.4. The fourth-order valence-electron chi connectivity index (χ4n) is 4.62. The summed E-state index contributed by atoms with van der Waals surface area (Å²) < 4.78 is 21.8. The molecule has 0 saturated heterocycles. The van der Waals surface area contributed by atoms with Crippen LogP contribution in [-0.4, -0.2) is 69.3 Å². The molecule has 42 heavy (non-hydrogen) atoms. The molecule has 226 valence electrons. The fourth-order valence-corrected chi connectivity index (χ4v) is 5.04. The molecule has 13 heteroatoms. The lowest BCUT2D eigenvalue weighted by molar-refractivity contribution is -0.385. The molecule has 1 aliphatic heterocycles. The number of ether oxygens (including phenoxy) is 4. The highest BCUT2D eigenvalue weighted by molar-refractivity contribution is 6.42. The number of para-hydroxylation sites is 1. The highest BCUT2D eigenvalue weighted by Crippen LogP contribution is 2.44. The standard InChI is InChI=1S/C29H33Cl2N3O8/c1-4-42-29(36)26-22(17-41-15-14-40-13-12-32-16-19-8-5-6-11-23(19)34(37)38)33-18(2)24(28(35)39-3)25(26)20-9-7-10-21(30)27(20)31/h5-11,24-25,32H,4,12-17H2,1-3H3. The number of nitrogens with zero attached hydrogens (tertiary/aromatic N) is 2. The van der Waals surface area contributed by atoms with Gasteiger partial charge >= 0.3 is 11.9 Å². The minimum Gasteiger partial charge on any atom is -0.468 e. The van der Waals surface area contributed by atoms with E-state index in [1.54, 1.807) is 50.2 Å². The molecular weight excluding hydrogens is 589 g/mol. The van der Waals surface area contributed by atoms with Gasteiger partial charge in [-0.2, -0.15) is 0 Å². The molecule has 0 aliphatic carbocycles. The molecular formula is C29H33Cl2N3O8. The van der Waals surface area contributed by atoms with Gasteiger partial charge in [0.1, 0.15) is 5.92 Å². The van der Waals surface area contributed by atoms with Crippen molar-refractivity contribution in [2.45, 2.75) is 26.3 Å². The number of hydrogen-bond donors (Lipinski definition) is 1. The van der Waals surface area contributed by atoms with Crippen molar-refractivity contribution in [3.05, 3.63) is 85.0 Å². The Hall–Kier alpha value is -3.35. The summed E-state index contributed by atoms with van der Waals surface area (Å²) in [6.07, 6.45) is 0. The van der Waals surface area contributed by atoms with Crippen LogP contribution in [-0.2, 0) is 35.1 Å². The molecule has 3 rings (SSSR count). The van der Waals surface area contributed by atoms with Crippen molar-refractivity contribution in [2.75, 3.05) is 46.7 Å². The summed E-state index contributed by atoms with van der Waals surface area (Å²) >= 11 is 12.8. The molecule has 1 heterocycles. The second-order valence-electron chi connectivity index (χ2n) is 9.18. The third-order valence-corrected chi connectivity index (χ3v) is 7.35. The summed E-state index contributed by atoms with van der Waals surface area (Å²) in [5, 5.41) is 14.7. The summed E-state index contributed by atoms with van der Waals surface area (Å²) in [6.45, 7) is 5.04. The highest BCUT2D eigenvalue weighted by Gasteiger charge is 2.44. The number of nitro groups is 1. The second kappa shape index (κ2) is 16.3. The maximum Gasteiger partial charge on any atom is 0.336 e. The van der Waals surface area contributed by atoms with Crippen molar-refractivity contribution in [1.82, 2.24) is 5.32 Å². The molecule has 2 atom stereocenters. The lowest BCUT2D eigenvalue weighted by Gasteiger charge is -2.32. The van der Waals surface area contributed by atoms with Crippen LogP contribution in [0.25, 0.3) is 0 Å². The molecule has 1 aliphatic rings. The van der Waals surface area contributed by atoms with Crippen LogP contribution in [0.15, 0.2) is 58.7 Å². The molecule has 0 bridgehead atoms. The van der Waals surface area contributed by atoms with E-state index in [1.807, 2.05) is 0 Å².